The smallest absolute Gasteiger partial charge is 0.130 e. The molecule has 0 aliphatic rings. The van der Waals surface area contributed by atoms with Gasteiger partial charge in [-0.1, -0.05) is 31.2 Å². The van der Waals surface area contributed by atoms with Crippen molar-refractivity contribution in [3.63, 3.8) is 0 Å². The average molecular weight is 286 g/mol. The number of aromatic nitrogens is 1. The molecular weight excluding hydrogens is 263 g/mol. The van der Waals surface area contributed by atoms with Crippen LogP contribution in [0.4, 0.5) is 4.39 Å². The molecule has 1 N–H and O–H groups in total. The van der Waals surface area contributed by atoms with Crippen LogP contribution in [-0.2, 0) is 6.42 Å². The summed E-state index contributed by atoms with van der Waals surface area (Å²) in [6, 6.07) is 9.61. The van der Waals surface area contributed by atoms with E-state index in [1.807, 2.05) is 37.4 Å². The van der Waals surface area contributed by atoms with Gasteiger partial charge in [0.1, 0.15) is 5.82 Å². The quantitative estimate of drug-likeness (QED) is 0.864. The van der Waals surface area contributed by atoms with E-state index in [4.69, 9.17) is 0 Å². The minimum absolute atomic E-state index is 0.0416. The van der Waals surface area contributed by atoms with Crippen molar-refractivity contribution in [2.45, 2.75) is 39.7 Å². The van der Waals surface area contributed by atoms with Crippen molar-refractivity contribution < 1.29 is 4.39 Å². The number of rotatable bonds is 6. The van der Waals surface area contributed by atoms with Crippen molar-refractivity contribution in [1.29, 1.82) is 0 Å². The first-order chi connectivity index (χ1) is 10.1. The normalized spacial score (nSPS) is 12.4. The lowest BCUT2D eigenvalue weighted by Crippen LogP contribution is -2.25. The standard InChI is InChI=1S/C18H23FN2/c1-4-10-20-17(11-15-9-8-13(2)12-21-15)16-7-5-6-14(3)18(16)19/h5-9,12,17,20H,4,10-11H2,1-3H3. The second-order valence-corrected chi connectivity index (χ2v) is 5.52. The Labute approximate surface area is 126 Å². The molecule has 112 valence electrons. The first-order valence-corrected chi connectivity index (χ1v) is 7.51. The van der Waals surface area contributed by atoms with Gasteiger partial charge in [-0.2, -0.15) is 0 Å². The fraction of sp³-hybridized carbons (Fsp3) is 0.389. The topological polar surface area (TPSA) is 24.9 Å². The van der Waals surface area contributed by atoms with Gasteiger partial charge < -0.3 is 5.32 Å². The molecule has 2 rings (SSSR count). The molecule has 1 unspecified atom stereocenters. The lowest BCUT2D eigenvalue weighted by Gasteiger charge is -2.20. The maximum Gasteiger partial charge on any atom is 0.130 e. The first-order valence-electron chi connectivity index (χ1n) is 7.51. The van der Waals surface area contributed by atoms with Gasteiger partial charge in [-0.3, -0.25) is 4.98 Å². The van der Waals surface area contributed by atoms with Gasteiger partial charge in [0.05, 0.1) is 0 Å². The third kappa shape index (κ3) is 4.11. The van der Waals surface area contributed by atoms with E-state index >= 15 is 0 Å². The number of hydrogen-bond donors (Lipinski definition) is 1. The number of halogens is 1. The highest BCUT2D eigenvalue weighted by Crippen LogP contribution is 2.23. The molecule has 3 heteroatoms. The Kier molecular flexibility index (Phi) is 5.45. The van der Waals surface area contributed by atoms with E-state index in [0.717, 1.165) is 29.8 Å². The van der Waals surface area contributed by atoms with E-state index in [1.165, 1.54) is 0 Å². The largest absolute Gasteiger partial charge is 0.310 e. The van der Waals surface area contributed by atoms with E-state index in [-0.39, 0.29) is 11.9 Å². The van der Waals surface area contributed by atoms with Crippen LogP contribution in [-0.4, -0.2) is 11.5 Å². The van der Waals surface area contributed by atoms with E-state index < -0.39 is 0 Å². The summed E-state index contributed by atoms with van der Waals surface area (Å²) >= 11 is 0. The van der Waals surface area contributed by atoms with E-state index in [2.05, 4.69) is 17.2 Å². The molecule has 0 spiro atoms. The molecule has 1 heterocycles. The molecule has 0 aliphatic heterocycles. The van der Waals surface area contributed by atoms with Crippen LogP contribution in [0.15, 0.2) is 36.5 Å². The molecule has 2 nitrogen and oxygen atoms in total. The third-order valence-electron chi connectivity index (χ3n) is 3.62. The van der Waals surface area contributed by atoms with E-state index in [0.29, 0.717) is 12.0 Å². The number of aryl methyl sites for hydroxylation is 2. The Hall–Kier alpha value is -1.74. The molecular formula is C18H23FN2. The molecule has 0 saturated heterocycles. The van der Waals surface area contributed by atoms with Gasteiger partial charge in [0.25, 0.3) is 0 Å². The summed E-state index contributed by atoms with van der Waals surface area (Å²) in [5.41, 5.74) is 3.53. The summed E-state index contributed by atoms with van der Waals surface area (Å²) in [7, 11) is 0. The Bertz CT molecular complexity index is 578. The molecule has 1 aromatic carbocycles. The Morgan fingerprint density at radius 1 is 1.19 bits per heavy atom. The van der Waals surface area contributed by atoms with Gasteiger partial charge in [-0.25, -0.2) is 4.39 Å². The average Bonchev–Trinajstić information content (AvgIpc) is 2.48. The van der Waals surface area contributed by atoms with Gasteiger partial charge in [-0.15, -0.1) is 0 Å². The predicted octanol–water partition coefficient (Wildman–Crippen LogP) is 4.12. The number of nitrogens with one attached hydrogen (secondary N) is 1. The molecule has 2 aromatic rings. The van der Waals surface area contributed by atoms with E-state index in [1.54, 1.807) is 13.0 Å². The minimum Gasteiger partial charge on any atom is -0.310 e. The molecule has 0 amide bonds. The third-order valence-corrected chi connectivity index (χ3v) is 3.62. The number of hydrogen-bond acceptors (Lipinski definition) is 2. The SMILES string of the molecule is CCCNC(Cc1ccc(C)cn1)c1cccc(C)c1F. The van der Waals surface area contributed by atoms with E-state index in [9.17, 15) is 4.39 Å². The molecule has 0 bridgehead atoms. The predicted molar refractivity (Wildman–Crippen MR) is 84.8 cm³/mol. The number of benzene rings is 1. The summed E-state index contributed by atoms with van der Waals surface area (Å²) in [6.07, 6.45) is 3.57. The molecule has 0 radical (unpaired) electrons. The lowest BCUT2D eigenvalue weighted by molar-refractivity contribution is 0.491. The van der Waals surface area contributed by atoms with Crippen molar-refractivity contribution in [1.82, 2.24) is 10.3 Å². The zero-order valence-corrected chi connectivity index (χ0v) is 13.0. The van der Waals surface area contributed by atoms with Crippen LogP contribution in [0.3, 0.4) is 0 Å². The molecule has 0 fully saturated rings. The molecule has 21 heavy (non-hydrogen) atoms. The van der Waals surface area contributed by atoms with Crippen molar-refractivity contribution in [3.05, 3.63) is 64.7 Å². The van der Waals surface area contributed by atoms with Gasteiger partial charge >= 0.3 is 0 Å². The zero-order valence-electron chi connectivity index (χ0n) is 13.0. The summed E-state index contributed by atoms with van der Waals surface area (Å²) in [4.78, 5) is 4.44. The van der Waals surface area contributed by atoms with Crippen LogP contribution in [0.2, 0.25) is 0 Å². The van der Waals surface area contributed by atoms with Gasteiger partial charge in [0, 0.05) is 29.9 Å². The molecule has 0 aliphatic carbocycles. The van der Waals surface area contributed by atoms with Crippen molar-refractivity contribution in [2.24, 2.45) is 0 Å². The van der Waals surface area contributed by atoms with Gasteiger partial charge in [0.2, 0.25) is 0 Å². The second kappa shape index (κ2) is 7.32. The summed E-state index contributed by atoms with van der Waals surface area (Å²) in [6.45, 7) is 6.80. The minimum atomic E-state index is -0.113. The Balaban J connectivity index is 2.25. The van der Waals surface area contributed by atoms with Crippen LogP contribution >= 0.6 is 0 Å². The number of pyridine rings is 1. The van der Waals surface area contributed by atoms with Crippen LogP contribution in [0.25, 0.3) is 0 Å². The second-order valence-electron chi connectivity index (χ2n) is 5.52. The monoisotopic (exact) mass is 286 g/mol. The maximum atomic E-state index is 14.4. The van der Waals surface area contributed by atoms with Crippen LogP contribution < -0.4 is 5.32 Å². The van der Waals surface area contributed by atoms with Crippen molar-refractivity contribution in [3.8, 4) is 0 Å². The lowest BCUT2D eigenvalue weighted by atomic mass is 9.98. The highest BCUT2D eigenvalue weighted by atomic mass is 19.1. The van der Waals surface area contributed by atoms with Crippen molar-refractivity contribution in [2.75, 3.05) is 6.54 Å². The van der Waals surface area contributed by atoms with Crippen molar-refractivity contribution >= 4 is 0 Å². The summed E-state index contributed by atoms with van der Waals surface area (Å²) in [5, 5.41) is 3.44. The molecule has 1 aromatic heterocycles. The highest BCUT2D eigenvalue weighted by molar-refractivity contribution is 5.29. The maximum absolute atomic E-state index is 14.4. The van der Waals surface area contributed by atoms with Crippen LogP contribution in [0.1, 0.15) is 41.8 Å². The molecule has 0 saturated carbocycles. The van der Waals surface area contributed by atoms with Crippen LogP contribution in [0.5, 0.6) is 0 Å². The van der Waals surface area contributed by atoms with Gasteiger partial charge in [0.15, 0.2) is 0 Å². The first kappa shape index (κ1) is 15.6. The summed E-state index contributed by atoms with van der Waals surface area (Å²) in [5.74, 6) is -0.113. The van der Waals surface area contributed by atoms with Crippen LogP contribution in [0, 0.1) is 19.7 Å². The highest BCUT2D eigenvalue weighted by Gasteiger charge is 2.17. The Morgan fingerprint density at radius 2 is 2.00 bits per heavy atom. The summed E-state index contributed by atoms with van der Waals surface area (Å²) < 4.78 is 14.4. The molecule has 1 atom stereocenters. The number of nitrogens with zero attached hydrogens (tertiary/aromatic N) is 1. The fourth-order valence-corrected chi connectivity index (χ4v) is 2.38. The van der Waals surface area contributed by atoms with Gasteiger partial charge in [-0.05, 0) is 44.0 Å². The fourth-order valence-electron chi connectivity index (χ4n) is 2.38. The zero-order chi connectivity index (χ0) is 15.2. The Morgan fingerprint density at radius 3 is 2.67 bits per heavy atom.